The zero-order valence-electron chi connectivity index (χ0n) is 14.7. The van der Waals surface area contributed by atoms with Crippen molar-refractivity contribution >= 4 is 46.4 Å². The molecule has 152 valence electrons. The Bertz CT molecular complexity index is 909. The smallest absolute Gasteiger partial charge is 0.276 e. The van der Waals surface area contributed by atoms with Gasteiger partial charge in [-0.2, -0.15) is 0 Å². The molecule has 0 heterocycles. The molecule has 29 heavy (non-hydrogen) atoms. The summed E-state index contributed by atoms with van der Waals surface area (Å²) < 4.78 is 10.4. The first-order valence-corrected chi connectivity index (χ1v) is 8.77. The molecule has 0 saturated carbocycles. The minimum absolute atomic E-state index is 0.0944. The standard InChI is InChI=1S/C17H15ClN4O6S/c18-13-3-1-2-4-14(13)28-9-15(23)19-17(29)21-20-16(24)10-27-12-7-5-11(6-8-12)22(25)26/h1-8H,9-10H2,(H,20,24)(H2,19,21,23,29). The number of carbonyl (C=O) groups excluding carboxylic acids is 2. The molecule has 0 radical (unpaired) electrons. The molecule has 2 amide bonds. The number of rotatable bonds is 7. The average Bonchev–Trinajstić information content (AvgIpc) is 2.70. The van der Waals surface area contributed by atoms with E-state index >= 15 is 0 Å². The second-order valence-corrected chi connectivity index (χ2v) is 6.12. The first-order chi connectivity index (χ1) is 13.8. The van der Waals surface area contributed by atoms with Gasteiger partial charge in [-0.15, -0.1) is 0 Å². The molecule has 0 atom stereocenters. The molecule has 0 bridgehead atoms. The van der Waals surface area contributed by atoms with Crippen LogP contribution in [0.5, 0.6) is 11.5 Å². The zero-order chi connectivity index (χ0) is 21.2. The first-order valence-electron chi connectivity index (χ1n) is 7.98. The molecule has 10 nitrogen and oxygen atoms in total. The largest absolute Gasteiger partial charge is 0.484 e. The lowest BCUT2D eigenvalue weighted by Crippen LogP contribution is -2.50. The van der Waals surface area contributed by atoms with Crippen molar-refractivity contribution in [2.75, 3.05) is 13.2 Å². The van der Waals surface area contributed by atoms with Gasteiger partial charge in [0.25, 0.3) is 17.5 Å². The van der Waals surface area contributed by atoms with Gasteiger partial charge in [0.2, 0.25) is 0 Å². The molecule has 0 aliphatic carbocycles. The van der Waals surface area contributed by atoms with Crippen molar-refractivity contribution in [2.24, 2.45) is 0 Å². The van der Waals surface area contributed by atoms with Gasteiger partial charge in [0.15, 0.2) is 18.3 Å². The summed E-state index contributed by atoms with van der Waals surface area (Å²) in [4.78, 5) is 33.5. The Kier molecular flexibility index (Phi) is 8.12. The van der Waals surface area contributed by atoms with E-state index in [-0.39, 0.29) is 29.8 Å². The summed E-state index contributed by atoms with van der Waals surface area (Å²) in [5, 5.41) is 13.1. The van der Waals surface area contributed by atoms with E-state index in [1.165, 1.54) is 24.3 Å². The molecule has 0 saturated heterocycles. The maximum absolute atomic E-state index is 11.8. The predicted octanol–water partition coefficient (Wildman–Crippen LogP) is 1.73. The van der Waals surface area contributed by atoms with Crippen LogP contribution in [0.2, 0.25) is 5.02 Å². The minimum Gasteiger partial charge on any atom is -0.484 e. The second-order valence-electron chi connectivity index (χ2n) is 5.31. The molecule has 2 aromatic rings. The third kappa shape index (κ3) is 7.60. The van der Waals surface area contributed by atoms with Gasteiger partial charge in [-0.25, -0.2) is 0 Å². The molecule has 0 fully saturated rings. The number of hydrogen-bond acceptors (Lipinski definition) is 7. The highest BCUT2D eigenvalue weighted by atomic mass is 35.5. The van der Waals surface area contributed by atoms with Crippen LogP contribution in [-0.4, -0.2) is 35.1 Å². The third-order valence-corrected chi connectivity index (χ3v) is 3.70. The first kappa shape index (κ1) is 21.9. The molecule has 0 unspecified atom stereocenters. The Labute approximate surface area is 175 Å². The van der Waals surface area contributed by atoms with Crippen molar-refractivity contribution in [1.82, 2.24) is 16.2 Å². The van der Waals surface area contributed by atoms with Gasteiger partial charge >= 0.3 is 0 Å². The van der Waals surface area contributed by atoms with Gasteiger partial charge in [-0.3, -0.25) is 35.9 Å². The molecule has 0 aliphatic heterocycles. The summed E-state index contributed by atoms with van der Waals surface area (Å²) in [5.41, 5.74) is 4.47. The number of halogens is 1. The number of benzene rings is 2. The number of nitro benzene ring substituents is 1. The highest BCUT2D eigenvalue weighted by molar-refractivity contribution is 7.80. The number of para-hydroxylation sites is 1. The molecule has 2 aromatic carbocycles. The molecule has 3 N–H and O–H groups in total. The lowest BCUT2D eigenvalue weighted by atomic mass is 10.3. The molecule has 0 aromatic heterocycles. The van der Waals surface area contributed by atoms with E-state index in [1.807, 2.05) is 0 Å². The normalized spacial score (nSPS) is 9.83. The van der Waals surface area contributed by atoms with Crippen molar-refractivity contribution in [2.45, 2.75) is 0 Å². The summed E-state index contributed by atoms with van der Waals surface area (Å²) in [6, 6.07) is 11.9. The third-order valence-electron chi connectivity index (χ3n) is 3.18. The monoisotopic (exact) mass is 438 g/mol. The van der Waals surface area contributed by atoms with Gasteiger partial charge in [0.1, 0.15) is 11.5 Å². The minimum atomic E-state index is -0.590. The van der Waals surface area contributed by atoms with E-state index in [9.17, 15) is 19.7 Å². The Morgan fingerprint density at radius 2 is 1.66 bits per heavy atom. The van der Waals surface area contributed by atoms with Crippen molar-refractivity contribution in [3.63, 3.8) is 0 Å². The van der Waals surface area contributed by atoms with Crippen LogP contribution in [0, 0.1) is 10.1 Å². The molecule has 2 rings (SSSR count). The van der Waals surface area contributed by atoms with Crippen LogP contribution in [0.1, 0.15) is 0 Å². The summed E-state index contributed by atoms with van der Waals surface area (Å²) in [5.74, 6) is -0.524. The number of ether oxygens (including phenoxy) is 2. The van der Waals surface area contributed by atoms with Gasteiger partial charge < -0.3 is 9.47 Å². The van der Waals surface area contributed by atoms with E-state index in [0.29, 0.717) is 10.8 Å². The molecular formula is C17H15ClN4O6S. The quantitative estimate of drug-likeness (QED) is 0.338. The number of nitrogens with zero attached hydrogens (tertiary/aromatic N) is 1. The number of hydrogen-bond donors (Lipinski definition) is 3. The average molecular weight is 439 g/mol. The van der Waals surface area contributed by atoms with Gasteiger partial charge in [-0.05, 0) is 36.5 Å². The summed E-state index contributed by atoms with van der Waals surface area (Å²) >= 11 is 10.8. The highest BCUT2D eigenvalue weighted by Gasteiger charge is 2.09. The number of nitrogens with one attached hydrogen (secondary N) is 3. The summed E-state index contributed by atoms with van der Waals surface area (Å²) in [6.45, 7) is -0.709. The van der Waals surface area contributed by atoms with E-state index in [4.69, 9.17) is 33.3 Å². The van der Waals surface area contributed by atoms with Crippen LogP contribution in [-0.2, 0) is 9.59 Å². The number of carbonyl (C=O) groups is 2. The Balaban J connectivity index is 1.66. The number of non-ortho nitro benzene ring substituents is 1. The van der Waals surface area contributed by atoms with Crippen LogP contribution < -0.4 is 25.6 Å². The van der Waals surface area contributed by atoms with Crippen LogP contribution in [0.25, 0.3) is 0 Å². The van der Waals surface area contributed by atoms with Crippen LogP contribution in [0.15, 0.2) is 48.5 Å². The fourth-order valence-electron chi connectivity index (χ4n) is 1.87. The summed E-state index contributed by atoms with van der Waals surface area (Å²) in [7, 11) is 0. The van der Waals surface area contributed by atoms with E-state index < -0.39 is 16.7 Å². The van der Waals surface area contributed by atoms with Gasteiger partial charge in [0.05, 0.1) is 9.95 Å². The van der Waals surface area contributed by atoms with E-state index in [2.05, 4.69) is 16.2 Å². The fraction of sp³-hybridized carbons (Fsp3) is 0.118. The number of nitro groups is 1. The van der Waals surface area contributed by atoms with Crippen LogP contribution >= 0.6 is 23.8 Å². The zero-order valence-corrected chi connectivity index (χ0v) is 16.3. The topological polar surface area (TPSA) is 132 Å². The van der Waals surface area contributed by atoms with E-state index in [1.54, 1.807) is 24.3 Å². The van der Waals surface area contributed by atoms with Gasteiger partial charge in [0, 0.05) is 12.1 Å². The Morgan fingerprint density at radius 1 is 1.00 bits per heavy atom. The predicted molar refractivity (Wildman–Crippen MR) is 108 cm³/mol. The Morgan fingerprint density at radius 3 is 2.31 bits per heavy atom. The van der Waals surface area contributed by atoms with Crippen molar-refractivity contribution in [3.05, 3.63) is 63.7 Å². The number of hydrazine groups is 1. The maximum Gasteiger partial charge on any atom is 0.276 e. The summed E-state index contributed by atoms with van der Waals surface area (Å²) in [6.07, 6.45) is 0. The number of amides is 2. The lowest BCUT2D eigenvalue weighted by molar-refractivity contribution is -0.384. The van der Waals surface area contributed by atoms with Gasteiger partial charge in [-0.1, -0.05) is 23.7 Å². The molecule has 0 spiro atoms. The van der Waals surface area contributed by atoms with Crippen molar-refractivity contribution < 1.29 is 24.0 Å². The second kappa shape index (κ2) is 10.8. The van der Waals surface area contributed by atoms with Crippen LogP contribution in [0.3, 0.4) is 0 Å². The van der Waals surface area contributed by atoms with Crippen LogP contribution in [0.4, 0.5) is 5.69 Å². The molecule has 0 aliphatic rings. The number of thiocarbonyl (C=S) groups is 1. The Hall–Kier alpha value is -3.44. The fourth-order valence-corrected chi connectivity index (χ4v) is 2.23. The van der Waals surface area contributed by atoms with Crippen molar-refractivity contribution in [1.29, 1.82) is 0 Å². The SMILES string of the molecule is O=C(COc1ccc([N+](=O)[O-])cc1)NNC(=S)NC(=O)COc1ccccc1Cl. The lowest BCUT2D eigenvalue weighted by Gasteiger charge is -2.12. The molecule has 12 heteroatoms. The highest BCUT2D eigenvalue weighted by Crippen LogP contribution is 2.22. The maximum atomic E-state index is 11.8. The van der Waals surface area contributed by atoms with Crippen molar-refractivity contribution in [3.8, 4) is 11.5 Å². The van der Waals surface area contributed by atoms with E-state index in [0.717, 1.165) is 0 Å². The molecular weight excluding hydrogens is 424 g/mol.